The molecule has 0 aliphatic heterocycles. The molecule has 2 rings (SSSR count). The highest BCUT2D eigenvalue weighted by Gasteiger charge is 2.06. The number of amides is 2. The number of hydrogen-bond acceptors (Lipinski definition) is 4. The molecule has 136 valence electrons. The van der Waals surface area contributed by atoms with Crippen LogP contribution in [-0.4, -0.2) is 28.6 Å². The van der Waals surface area contributed by atoms with Crippen LogP contribution in [0.3, 0.4) is 0 Å². The van der Waals surface area contributed by atoms with E-state index in [-0.39, 0.29) is 23.1 Å². The minimum absolute atomic E-state index is 0.0128. The minimum atomic E-state index is -1.01. The molecule has 6 nitrogen and oxygen atoms in total. The largest absolute Gasteiger partial charge is 0.478 e. The number of hydrogen-bond donors (Lipinski definition) is 3. The van der Waals surface area contributed by atoms with Crippen LogP contribution < -0.4 is 10.6 Å². The molecule has 0 radical (unpaired) electrons. The van der Waals surface area contributed by atoms with Crippen molar-refractivity contribution in [2.75, 3.05) is 16.4 Å². The van der Waals surface area contributed by atoms with Gasteiger partial charge in [0, 0.05) is 22.7 Å². The highest BCUT2D eigenvalue weighted by atomic mass is 32.2. The zero-order valence-electron chi connectivity index (χ0n) is 14.3. The number of anilines is 2. The lowest BCUT2D eigenvalue weighted by molar-refractivity contribution is -0.116. The van der Waals surface area contributed by atoms with Crippen LogP contribution in [-0.2, 0) is 9.59 Å². The predicted octanol–water partition coefficient (Wildman–Crippen LogP) is 3.85. The van der Waals surface area contributed by atoms with E-state index in [1.807, 2.05) is 19.1 Å². The van der Waals surface area contributed by atoms with Crippen molar-refractivity contribution in [1.82, 2.24) is 0 Å². The first-order valence-electron chi connectivity index (χ1n) is 8.14. The Morgan fingerprint density at radius 2 is 1.42 bits per heavy atom. The van der Waals surface area contributed by atoms with E-state index in [9.17, 15) is 14.4 Å². The van der Waals surface area contributed by atoms with Gasteiger partial charge in [-0.1, -0.05) is 6.92 Å². The molecule has 2 amide bonds. The van der Waals surface area contributed by atoms with Gasteiger partial charge in [-0.25, -0.2) is 4.79 Å². The number of carboxylic acids is 1. The van der Waals surface area contributed by atoms with Crippen molar-refractivity contribution >= 4 is 40.9 Å². The van der Waals surface area contributed by atoms with Gasteiger partial charge in [0.1, 0.15) is 0 Å². The highest BCUT2D eigenvalue weighted by Crippen LogP contribution is 2.21. The van der Waals surface area contributed by atoms with Gasteiger partial charge in [0.15, 0.2) is 0 Å². The number of rotatable bonds is 8. The second-order valence-electron chi connectivity index (χ2n) is 5.54. The Kier molecular flexibility index (Phi) is 7.23. The molecule has 7 heteroatoms. The topological polar surface area (TPSA) is 95.5 Å². The van der Waals surface area contributed by atoms with E-state index in [2.05, 4.69) is 10.6 Å². The molecule has 0 saturated heterocycles. The third-order valence-electron chi connectivity index (χ3n) is 3.40. The summed E-state index contributed by atoms with van der Waals surface area (Å²) < 4.78 is 0. The first kappa shape index (κ1) is 19.5. The summed E-state index contributed by atoms with van der Waals surface area (Å²) in [6.45, 7) is 1.95. The fourth-order valence-corrected chi connectivity index (χ4v) is 2.83. The molecule has 0 saturated carbocycles. The number of carbonyl (C=O) groups excluding carboxylic acids is 2. The highest BCUT2D eigenvalue weighted by molar-refractivity contribution is 8.00. The molecule has 0 bridgehead atoms. The molecule has 2 aromatic rings. The van der Waals surface area contributed by atoms with Gasteiger partial charge in [0.05, 0.1) is 11.3 Å². The lowest BCUT2D eigenvalue weighted by Crippen LogP contribution is -2.14. The zero-order chi connectivity index (χ0) is 18.9. The monoisotopic (exact) mass is 372 g/mol. The van der Waals surface area contributed by atoms with E-state index < -0.39 is 5.97 Å². The summed E-state index contributed by atoms with van der Waals surface area (Å²) in [6, 6.07) is 13.3. The Morgan fingerprint density at radius 1 is 0.885 bits per heavy atom. The Morgan fingerprint density at radius 3 is 1.96 bits per heavy atom. The summed E-state index contributed by atoms with van der Waals surface area (Å²) in [4.78, 5) is 35.2. The second kappa shape index (κ2) is 9.62. The van der Waals surface area contributed by atoms with E-state index in [0.717, 1.165) is 17.0 Å². The smallest absolute Gasteiger partial charge is 0.335 e. The van der Waals surface area contributed by atoms with Crippen molar-refractivity contribution in [2.45, 2.75) is 24.7 Å². The maximum Gasteiger partial charge on any atom is 0.335 e. The number of aromatic carboxylic acids is 1. The Balaban J connectivity index is 1.81. The average molecular weight is 372 g/mol. The van der Waals surface area contributed by atoms with Crippen LogP contribution in [0.25, 0.3) is 0 Å². The fourth-order valence-electron chi connectivity index (χ4n) is 2.13. The third-order valence-corrected chi connectivity index (χ3v) is 4.41. The van der Waals surface area contributed by atoms with Crippen molar-refractivity contribution in [3.8, 4) is 0 Å². The molecular weight excluding hydrogens is 352 g/mol. The van der Waals surface area contributed by atoms with Crippen molar-refractivity contribution in [2.24, 2.45) is 0 Å². The first-order chi connectivity index (χ1) is 12.5. The van der Waals surface area contributed by atoms with Crippen LogP contribution in [0.15, 0.2) is 53.4 Å². The summed E-state index contributed by atoms with van der Waals surface area (Å²) in [7, 11) is 0. The zero-order valence-corrected chi connectivity index (χ0v) is 15.1. The van der Waals surface area contributed by atoms with Gasteiger partial charge in [0.2, 0.25) is 11.8 Å². The molecule has 0 aromatic heterocycles. The summed E-state index contributed by atoms with van der Waals surface area (Å²) in [5, 5.41) is 14.4. The average Bonchev–Trinajstić information content (AvgIpc) is 2.62. The third kappa shape index (κ3) is 6.25. The van der Waals surface area contributed by atoms with Gasteiger partial charge in [-0.15, -0.1) is 11.8 Å². The number of nitrogens with one attached hydrogen (secondary N) is 2. The van der Waals surface area contributed by atoms with Gasteiger partial charge in [0.25, 0.3) is 0 Å². The minimum Gasteiger partial charge on any atom is -0.478 e. The normalized spacial score (nSPS) is 10.2. The second-order valence-corrected chi connectivity index (χ2v) is 6.59. The van der Waals surface area contributed by atoms with Gasteiger partial charge in [-0.05, 0) is 55.0 Å². The number of carbonyl (C=O) groups is 3. The van der Waals surface area contributed by atoms with Crippen molar-refractivity contribution in [3.05, 3.63) is 54.1 Å². The summed E-state index contributed by atoms with van der Waals surface area (Å²) >= 11 is 1.37. The van der Waals surface area contributed by atoms with Crippen LogP contribution in [0.2, 0.25) is 0 Å². The predicted molar refractivity (Wildman–Crippen MR) is 103 cm³/mol. The van der Waals surface area contributed by atoms with Crippen molar-refractivity contribution < 1.29 is 19.5 Å². The number of carboxylic acid groups (broad SMARTS) is 1. The Labute approximate surface area is 156 Å². The van der Waals surface area contributed by atoms with Gasteiger partial charge < -0.3 is 15.7 Å². The maximum atomic E-state index is 12.0. The van der Waals surface area contributed by atoms with Crippen LogP contribution in [0.1, 0.15) is 30.1 Å². The fraction of sp³-hybridized carbons (Fsp3) is 0.211. The molecule has 0 fully saturated rings. The summed E-state index contributed by atoms with van der Waals surface area (Å²) in [5.74, 6) is -0.977. The lowest BCUT2D eigenvalue weighted by atomic mass is 10.2. The molecule has 0 aliphatic carbocycles. The van der Waals surface area contributed by atoms with Crippen LogP contribution in [0.5, 0.6) is 0 Å². The van der Waals surface area contributed by atoms with Crippen LogP contribution >= 0.6 is 11.8 Å². The van der Waals surface area contributed by atoms with E-state index >= 15 is 0 Å². The quantitative estimate of drug-likeness (QED) is 0.612. The molecule has 0 atom stereocenters. The van der Waals surface area contributed by atoms with Crippen molar-refractivity contribution in [3.63, 3.8) is 0 Å². The number of benzene rings is 2. The molecule has 26 heavy (non-hydrogen) atoms. The molecule has 2 aromatic carbocycles. The Hall–Kier alpha value is -2.80. The molecule has 0 heterocycles. The van der Waals surface area contributed by atoms with Crippen molar-refractivity contribution in [1.29, 1.82) is 0 Å². The standard InChI is InChI=1S/C19H20N2O4S/c1-2-3-17(22)20-15-8-10-16(11-9-15)26-12-18(23)21-14-6-4-13(5-7-14)19(24)25/h4-11H,2-3,12H2,1H3,(H,20,22)(H,21,23)(H,24,25). The maximum absolute atomic E-state index is 12.0. The SMILES string of the molecule is CCCC(=O)Nc1ccc(SCC(=O)Nc2ccc(C(=O)O)cc2)cc1. The van der Waals surface area contributed by atoms with E-state index in [1.54, 1.807) is 24.3 Å². The molecule has 0 spiro atoms. The van der Waals surface area contributed by atoms with Crippen LogP contribution in [0, 0.1) is 0 Å². The van der Waals surface area contributed by atoms with E-state index in [4.69, 9.17) is 5.11 Å². The van der Waals surface area contributed by atoms with E-state index in [0.29, 0.717) is 12.1 Å². The molecule has 0 aliphatic rings. The number of thioether (sulfide) groups is 1. The Bertz CT molecular complexity index is 773. The van der Waals surface area contributed by atoms with Gasteiger partial charge in [-0.3, -0.25) is 9.59 Å². The van der Waals surface area contributed by atoms with Gasteiger partial charge in [-0.2, -0.15) is 0 Å². The molecular formula is C19H20N2O4S. The summed E-state index contributed by atoms with van der Waals surface area (Å²) in [6.07, 6.45) is 1.29. The molecule has 0 unspecified atom stereocenters. The van der Waals surface area contributed by atoms with Gasteiger partial charge >= 0.3 is 5.97 Å². The molecule has 3 N–H and O–H groups in total. The lowest BCUT2D eigenvalue weighted by Gasteiger charge is -2.07. The van der Waals surface area contributed by atoms with Crippen LogP contribution in [0.4, 0.5) is 11.4 Å². The first-order valence-corrected chi connectivity index (χ1v) is 9.12. The summed E-state index contributed by atoms with van der Waals surface area (Å²) in [5.41, 5.74) is 1.45. The van der Waals surface area contributed by atoms with E-state index in [1.165, 1.54) is 23.9 Å².